The highest BCUT2D eigenvalue weighted by molar-refractivity contribution is 5.35. The lowest BCUT2D eigenvalue weighted by atomic mass is 10.2. The van der Waals surface area contributed by atoms with Gasteiger partial charge < -0.3 is 10.2 Å². The monoisotopic (exact) mass is 222 g/mol. The molecule has 0 amide bonds. The summed E-state index contributed by atoms with van der Waals surface area (Å²) in [6, 6.07) is 4.50. The molecule has 1 saturated heterocycles. The van der Waals surface area contributed by atoms with Crippen molar-refractivity contribution >= 4 is 5.82 Å². The van der Waals surface area contributed by atoms with Gasteiger partial charge in [-0.05, 0) is 31.2 Å². The lowest BCUT2D eigenvalue weighted by Gasteiger charge is -2.22. The number of rotatable bonds is 4. The van der Waals surface area contributed by atoms with E-state index < -0.39 is 0 Å². The largest absolute Gasteiger partial charge is 0.380 e. The Bertz CT molecular complexity index is 339. The number of nitrogens with zero attached hydrogens (tertiary/aromatic N) is 2. The Hall–Kier alpha value is -1.17. The number of aromatic nitrogens is 1. The zero-order chi connectivity index (χ0) is 11.4. The second-order valence-corrected chi connectivity index (χ2v) is 4.13. The van der Waals surface area contributed by atoms with E-state index in [1.54, 1.807) is 6.20 Å². The molecule has 2 heterocycles. The molecule has 1 aliphatic heterocycles. The molecule has 1 atom stereocenters. The van der Waals surface area contributed by atoms with Crippen LogP contribution in [0.3, 0.4) is 0 Å². The zero-order valence-electron chi connectivity index (χ0n) is 9.52. The molecule has 3 N–H and O–H groups in total. The van der Waals surface area contributed by atoms with Crippen LogP contribution in [0.4, 0.5) is 5.82 Å². The molecule has 1 aliphatic rings. The number of hydrazine groups is 1. The van der Waals surface area contributed by atoms with Crippen molar-refractivity contribution in [2.45, 2.75) is 19.0 Å². The Kier molecular flexibility index (Phi) is 3.71. The molecule has 0 bridgehead atoms. The molecular weight excluding hydrogens is 204 g/mol. The number of ether oxygens (including phenoxy) is 1. The number of nitrogens with one attached hydrogen (secondary N) is 1. The van der Waals surface area contributed by atoms with Crippen molar-refractivity contribution in [3.05, 3.63) is 23.9 Å². The number of pyridine rings is 1. The van der Waals surface area contributed by atoms with Gasteiger partial charge in [-0.2, -0.15) is 0 Å². The molecule has 0 radical (unpaired) electrons. The minimum atomic E-state index is 0.530. The Morgan fingerprint density at radius 3 is 3.25 bits per heavy atom. The summed E-state index contributed by atoms with van der Waals surface area (Å²) in [5.41, 5.74) is 3.76. The van der Waals surface area contributed by atoms with Gasteiger partial charge in [0.1, 0.15) is 5.82 Å². The summed E-state index contributed by atoms with van der Waals surface area (Å²) in [6.45, 7) is 2.61. The normalized spacial score (nSPS) is 20.3. The number of hydrogen-bond acceptors (Lipinski definition) is 5. The lowest BCUT2D eigenvalue weighted by Crippen LogP contribution is -2.31. The average molecular weight is 222 g/mol. The molecule has 1 fully saturated rings. The highest BCUT2D eigenvalue weighted by Crippen LogP contribution is 2.14. The summed E-state index contributed by atoms with van der Waals surface area (Å²) in [5.74, 6) is 6.03. The van der Waals surface area contributed by atoms with Gasteiger partial charge >= 0.3 is 0 Å². The van der Waals surface area contributed by atoms with Crippen molar-refractivity contribution in [1.29, 1.82) is 0 Å². The fourth-order valence-electron chi connectivity index (χ4n) is 1.94. The predicted octanol–water partition coefficient (Wildman–Crippen LogP) is 0.588. The van der Waals surface area contributed by atoms with Crippen LogP contribution < -0.4 is 11.3 Å². The van der Waals surface area contributed by atoms with Crippen molar-refractivity contribution in [2.75, 3.05) is 25.7 Å². The van der Waals surface area contributed by atoms with Crippen LogP contribution in [0.15, 0.2) is 18.3 Å². The smallest absolute Gasteiger partial charge is 0.140 e. The van der Waals surface area contributed by atoms with Gasteiger partial charge in [-0.3, -0.25) is 4.90 Å². The van der Waals surface area contributed by atoms with E-state index in [1.165, 1.54) is 5.56 Å². The van der Waals surface area contributed by atoms with Crippen molar-refractivity contribution in [1.82, 2.24) is 9.88 Å². The van der Waals surface area contributed by atoms with Crippen LogP contribution in [-0.2, 0) is 11.3 Å². The Labute approximate surface area is 95.6 Å². The van der Waals surface area contributed by atoms with Crippen molar-refractivity contribution in [3.8, 4) is 0 Å². The van der Waals surface area contributed by atoms with Crippen LogP contribution in [-0.4, -0.2) is 36.2 Å². The van der Waals surface area contributed by atoms with E-state index >= 15 is 0 Å². The van der Waals surface area contributed by atoms with E-state index in [0.717, 1.165) is 26.2 Å². The standard InChI is InChI=1S/C11H18N4O/c1-15(10-3-5-16-8-10)7-9-2-4-13-11(6-9)14-12/h2,4,6,10H,3,5,7-8,12H2,1H3,(H,13,14). The minimum absolute atomic E-state index is 0.530. The Morgan fingerprint density at radius 1 is 1.69 bits per heavy atom. The first kappa shape index (κ1) is 11.3. The van der Waals surface area contributed by atoms with Crippen LogP contribution in [0.25, 0.3) is 0 Å². The first-order valence-corrected chi connectivity index (χ1v) is 5.49. The predicted molar refractivity (Wildman–Crippen MR) is 62.7 cm³/mol. The summed E-state index contributed by atoms with van der Waals surface area (Å²) in [5, 5.41) is 0. The molecular formula is C11H18N4O. The topological polar surface area (TPSA) is 63.4 Å². The molecule has 88 valence electrons. The Balaban J connectivity index is 1.96. The van der Waals surface area contributed by atoms with Crippen molar-refractivity contribution in [3.63, 3.8) is 0 Å². The number of nitrogen functional groups attached to an aromatic ring is 1. The molecule has 0 aromatic carbocycles. The average Bonchev–Trinajstić information content (AvgIpc) is 2.83. The summed E-state index contributed by atoms with van der Waals surface area (Å²) in [6.07, 6.45) is 2.88. The van der Waals surface area contributed by atoms with E-state index in [0.29, 0.717) is 11.9 Å². The molecule has 16 heavy (non-hydrogen) atoms. The maximum Gasteiger partial charge on any atom is 0.140 e. The first-order valence-electron chi connectivity index (χ1n) is 5.49. The second kappa shape index (κ2) is 5.25. The fourth-order valence-corrected chi connectivity index (χ4v) is 1.94. The second-order valence-electron chi connectivity index (χ2n) is 4.13. The van der Waals surface area contributed by atoms with Crippen molar-refractivity contribution < 1.29 is 4.74 Å². The highest BCUT2D eigenvalue weighted by Gasteiger charge is 2.20. The van der Waals surface area contributed by atoms with Crippen LogP contribution in [0.2, 0.25) is 0 Å². The van der Waals surface area contributed by atoms with Crippen LogP contribution in [0.1, 0.15) is 12.0 Å². The maximum atomic E-state index is 5.37. The van der Waals surface area contributed by atoms with Crippen LogP contribution in [0.5, 0.6) is 0 Å². The summed E-state index contributed by atoms with van der Waals surface area (Å²) in [4.78, 5) is 6.39. The highest BCUT2D eigenvalue weighted by atomic mass is 16.5. The van der Waals surface area contributed by atoms with Gasteiger partial charge in [-0.25, -0.2) is 10.8 Å². The molecule has 1 aromatic rings. The third-order valence-corrected chi connectivity index (χ3v) is 2.93. The van der Waals surface area contributed by atoms with Gasteiger partial charge in [-0.15, -0.1) is 0 Å². The van der Waals surface area contributed by atoms with Crippen LogP contribution >= 0.6 is 0 Å². The van der Waals surface area contributed by atoms with E-state index in [2.05, 4.69) is 22.4 Å². The lowest BCUT2D eigenvalue weighted by molar-refractivity contribution is 0.156. The fraction of sp³-hybridized carbons (Fsp3) is 0.545. The van der Waals surface area contributed by atoms with Crippen LogP contribution in [0, 0.1) is 0 Å². The zero-order valence-corrected chi connectivity index (χ0v) is 9.52. The number of hydrogen-bond donors (Lipinski definition) is 2. The Morgan fingerprint density at radius 2 is 2.56 bits per heavy atom. The SMILES string of the molecule is CN(Cc1ccnc(NN)c1)C1CCOC1. The first-order chi connectivity index (χ1) is 7.79. The van der Waals surface area contributed by atoms with Gasteiger partial charge in [0.15, 0.2) is 0 Å². The molecule has 2 rings (SSSR count). The third kappa shape index (κ3) is 2.69. The van der Waals surface area contributed by atoms with Gasteiger partial charge in [0.05, 0.1) is 6.61 Å². The molecule has 0 aliphatic carbocycles. The maximum absolute atomic E-state index is 5.37. The van der Waals surface area contributed by atoms with E-state index in [1.807, 2.05) is 12.1 Å². The molecule has 0 saturated carbocycles. The van der Waals surface area contributed by atoms with Gasteiger partial charge in [-0.1, -0.05) is 0 Å². The van der Waals surface area contributed by atoms with E-state index in [-0.39, 0.29) is 0 Å². The summed E-state index contributed by atoms with van der Waals surface area (Å²) < 4.78 is 5.37. The summed E-state index contributed by atoms with van der Waals surface area (Å²) >= 11 is 0. The van der Waals surface area contributed by atoms with Gasteiger partial charge in [0.2, 0.25) is 0 Å². The molecule has 1 unspecified atom stereocenters. The minimum Gasteiger partial charge on any atom is -0.380 e. The van der Waals surface area contributed by atoms with E-state index in [4.69, 9.17) is 10.6 Å². The number of anilines is 1. The van der Waals surface area contributed by atoms with Gasteiger partial charge in [0.25, 0.3) is 0 Å². The third-order valence-electron chi connectivity index (χ3n) is 2.93. The molecule has 5 nitrogen and oxygen atoms in total. The van der Waals surface area contributed by atoms with Gasteiger partial charge in [0, 0.05) is 25.4 Å². The quantitative estimate of drug-likeness (QED) is 0.576. The van der Waals surface area contributed by atoms with Crippen molar-refractivity contribution in [2.24, 2.45) is 5.84 Å². The molecule has 1 aromatic heterocycles. The number of likely N-dealkylation sites (N-methyl/N-ethyl adjacent to an activating group) is 1. The summed E-state index contributed by atoms with van der Waals surface area (Å²) in [7, 11) is 2.12. The molecule has 0 spiro atoms. The van der Waals surface area contributed by atoms with E-state index in [9.17, 15) is 0 Å². The number of nitrogens with two attached hydrogens (primary N) is 1. The molecule has 5 heteroatoms.